The minimum Gasteiger partial charge on any atom is -0.385 e. The van der Waals surface area contributed by atoms with E-state index in [0.29, 0.717) is 12.1 Å². The van der Waals surface area contributed by atoms with Crippen LogP contribution in [0.25, 0.3) is 0 Å². The fourth-order valence-electron chi connectivity index (χ4n) is 3.71. The molecule has 0 spiro atoms. The van der Waals surface area contributed by atoms with Crippen molar-refractivity contribution < 1.29 is 9.47 Å². The number of piperazine rings is 1. The van der Waals surface area contributed by atoms with Crippen molar-refractivity contribution in [2.75, 3.05) is 79.7 Å². The number of hydrogen-bond acceptors (Lipinski definition) is 5. The molecule has 1 N–H and O–H groups in total. The van der Waals surface area contributed by atoms with Gasteiger partial charge < -0.3 is 24.6 Å². The van der Waals surface area contributed by atoms with Crippen molar-refractivity contribution in [3.05, 3.63) is 0 Å². The lowest BCUT2D eigenvalue weighted by Gasteiger charge is -2.37. The summed E-state index contributed by atoms with van der Waals surface area (Å²) in [6, 6.07) is 0.494. The summed E-state index contributed by atoms with van der Waals surface area (Å²) in [6.07, 6.45) is 3.51. The summed E-state index contributed by atoms with van der Waals surface area (Å²) in [5.74, 6) is 1.07. The fourth-order valence-corrected chi connectivity index (χ4v) is 3.71. The van der Waals surface area contributed by atoms with E-state index in [2.05, 4.69) is 40.9 Å². The molecular formula is C20H41N5O2. The van der Waals surface area contributed by atoms with E-state index in [9.17, 15) is 0 Å². The first-order valence-corrected chi connectivity index (χ1v) is 10.7. The average Bonchev–Trinajstić information content (AvgIpc) is 2.69. The molecule has 7 nitrogen and oxygen atoms in total. The zero-order valence-electron chi connectivity index (χ0n) is 18.0. The van der Waals surface area contributed by atoms with Gasteiger partial charge in [0.25, 0.3) is 0 Å². The van der Waals surface area contributed by atoms with Crippen molar-refractivity contribution in [2.24, 2.45) is 4.99 Å². The number of rotatable bonds is 9. The number of nitrogens with one attached hydrogen (secondary N) is 1. The molecule has 1 atom stereocenters. The number of ether oxygens (including phenoxy) is 2. The van der Waals surface area contributed by atoms with Gasteiger partial charge in [-0.25, -0.2) is 0 Å². The number of aliphatic imine (C=N–C) groups is 1. The zero-order chi connectivity index (χ0) is 19.5. The number of likely N-dealkylation sites (N-methyl/N-ethyl adjacent to an activating group) is 1. The molecule has 27 heavy (non-hydrogen) atoms. The molecule has 0 aromatic rings. The topological polar surface area (TPSA) is 52.6 Å². The van der Waals surface area contributed by atoms with Gasteiger partial charge in [-0.05, 0) is 40.2 Å². The monoisotopic (exact) mass is 383 g/mol. The van der Waals surface area contributed by atoms with E-state index in [1.54, 1.807) is 7.11 Å². The maximum absolute atomic E-state index is 5.98. The quantitative estimate of drug-likeness (QED) is 0.366. The first kappa shape index (κ1) is 22.4. The summed E-state index contributed by atoms with van der Waals surface area (Å²) in [7, 11) is 3.94. The maximum Gasteiger partial charge on any atom is 0.193 e. The van der Waals surface area contributed by atoms with Gasteiger partial charge in [0.05, 0.1) is 12.6 Å². The fraction of sp³-hybridized carbons (Fsp3) is 0.950. The Morgan fingerprint density at radius 2 is 1.81 bits per heavy atom. The molecule has 0 aromatic carbocycles. The largest absolute Gasteiger partial charge is 0.385 e. The standard InChI is InChI=1S/C20H41N5O2/c1-5-21-20(22-17-18(2)24-13-11-23(3)12-14-24)25-9-7-19(8-10-25)27-16-6-15-26-4/h18-19H,5-17H2,1-4H3,(H,21,22). The molecule has 7 heteroatoms. The third kappa shape index (κ3) is 7.94. The van der Waals surface area contributed by atoms with Crippen LogP contribution in [0.2, 0.25) is 0 Å². The number of guanidine groups is 1. The van der Waals surface area contributed by atoms with E-state index in [0.717, 1.165) is 90.8 Å². The van der Waals surface area contributed by atoms with Gasteiger partial charge in [-0.3, -0.25) is 9.89 Å². The van der Waals surface area contributed by atoms with Crippen LogP contribution < -0.4 is 5.32 Å². The molecule has 2 aliphatic heterocycles. The molecule has 0 bridgehead atoms. The highest BCUT2D eigenvalue weighted by molar-refractivity contribution is 5.80. The van der Waals surface area contributed by atoms with E-state index in [1.165, 1.54) is 0 Å². The van der Waals surface area contributed by atoms with Crippen LogP contribution in [0.15, 0.2) is 4.99 Å². The lowest BCUT2D eigenvalue weighted by Crippen LogP contribution is -2.50. The molecule has 2 saturated heterocycles. The number of methoxy groups -OCH3 is 1. The molecule has 2 rings (SSSR count). The van der Waals surface area contributed by atoms with Crippen molar-refractivity contribution in [3.63, 3.8) is 0 Å². The van der Waals surface area contributed by atoms with Crippen molar-refractivity contribution in [3.8, 4) is 0 Å². The molecule has 0 aliphatic carbocycles. The summed E-state index contributed by atoms with van der Waals surface area (Å²) < 4.78 is 11.1. The summed E-state index contributed by atoms with van der Waals surface area (Å²) in [5, 5.41) is 3.48. The van der Waals surface area contributed by atoms with Crippen LogP contribution in [0.1, 0.15) is 33.1 Å². The van der Waals surface area contributed by atoms with Gasteiger partial charge in [-0.15, -0.1) is 0 Å². The van der Waals surface area contributed by atoms with Crippen LogP contribution in [0.4, 0.5) is 0 Å². The van der Waals surface area contributed by atoms with Gasteiger partial charge in [0.15, 0.2) is 5.96 Å². The normalized spacial score (nSPS) is 22.2. The highest BCUT2D eigenvalue weighted by atomic mass is 16.5. The SMILES string of the molecule is CCNC(=NCC(C)N1CCN(C)CC1)N1CCC(OCCCOC)CC1. The molecular weight excluding hydrogens is 342 g/mol. The number of piperidine rings is 1. The second-order valence-electron chi connectivity index (χ2n) is 7.79. The predicted molar refractivity (Wildman–Crippen MR) is 112 cm³/mol. The Morgan fingerprint density at radius 1 is 1.11 bits per heavy atom. The summed E-state index contributed by atoms with van der Waals surface area (Å²) in [5.41, 5.74) is 0. The van der Waals surface area contributed by atoms with Gasteiger partial charge in [0.2, 0.25) is 0 Å². The van der Waals surface area contributed by atoms with Crippen molar-refractivity contribution in [1.29, 1.82) is 0 Å². The second kappa shape index (κ2) is 12.5. The van der Waals surface area contributed by atoms with Crippen LogP contribution in [0.5, 0.6) is 0 Å². The number of nitrogens with zero attached hydrogens (tertiary/aromatic N) is 4. The van der Waals surface area contributed by atoms with Gasteiger partial charge in [0.1, 0.15) is 0 Å². The zero-order valence-corrected chi connectivity index (χ0v) is 18.0. The average molecular weight is 384 g/mol. The Kier molecular flexibility index (Phi) is 10.4. The van der Waals surface area contributed by atoms with E-state index in [4.69, 9.17) is 14.5 Å². The third-order valence-electron chi connectivity index (χ3n) is 5.59. The number of hydrogen-bond donors (Lipinski definition) is 1. The Bertz CT molecular complexity index is 419. The first-order chi connectivity index (χ1) is 13.1. The molecule has 0 aromatic heterocycles. The van der Waals surface area contributed by atoms with E-state index in [-0.39, 0.29) is 0 Å². The van der Waals surface area contributed by atoms with Crippen LogP contribution in [-0.2, 0) is 9.47 Å². The van der Waals surface area contributed by atoms with E-state index < -0.39 is 0 Å². The van der Waals surface area contributed by atoms with Crippen LogP contribution in [-0.4, -0.2) is 113 Å². The summed E-state index contributed by atoms with van der Waals surface area (Å²) in [4.78, 5) is 12.3. The lowest BCUT2D eigenvalue weighted by atomic mass is 10.1. The minimum atomic E-state index is 0.380. The van der Waals surface area contributed by atoms with Gasteiger partial charge >= 0.3 is 0 Å². The van der Waals surface area contributed by atoms with Gasteiger partial charge in [-0.2, -0.15) is 0 Å². The first-order valence-electron chi connectivity index (χ1n) is 10.7. The Hall–Kier alpha value is -0.890. The van der Waals surface area contributed by atoms with Crippen molar-refractivity contribution >= 4 is 5.96 Å². The highest BCUT2D eigenvalue weighted by Gasteiger charge is 2.23. The van der Waals surface area contributed by atoms with E-state index >= 15 is 0 Å². The smallest absolute Gasteiger partial charge is 0.193 e. The molecule has 0 radical (unpaired) electrons. The highest BCUT2D eigenvalue weighted by Crippen LogP contribution is 2.14. The Labute approximate surface area is 166 Å². The van der Waals surface area contributed by atoms with Crippen molar-refractivity contribution in [2.45, 2.75) is 45.3 Å². The number of likely N-dealkylation sites (tertiary alicyclic amines) is 1. The molecule has 2 aliphatic rings. The molecule has 0 saturated carbocycles. The van der Waals surface area contributed by atoms with Crippen LogP contribution >= 0.6 is 0 Å². The molecule has 1 unspecified atom stereocenters. The molecule has 2 fully saturated rings. The third-order valence-corrected chi connectivity index (χ3v) is 5.59. The predicted octanol–water partition coefficient (Wildman–Crippen LogP) is 1.11. The lowest BCUT2D eigenvalue weighted by molar-refractivity contribution is 0.00988. The summed E-state index contributed by atoms with van der Waals surface area (Å²) in [6.45, 7) is 14.4. The molecule has 2 heterocycles. The molecule has 158 valence electrons. The molecule has 0 amide bonds. The summed E-state index contributed by atoms with van der Waals surface area (Å²) >= 11 is 0. The van der Waals surface area contributed by atoms with Crippen LogP contribution in [0.3, 0.4) is 0 Å². The minimum absolute atomic E-state index is 0.380. The van der Waals surface area contributed by atoms with Gasteiger partial charge in [0, 0.05) is 72.2 Å². The Morgan fingerprint density at radius 3 is 2.44 bits per heavy atom. The van der Waals surface area contributed by atoms with Crippen molar-refractivity contribution in [1.82, 2.24) is 20.0 Å². The second-order valence-corrected chi connectivity index (χ2v) is 7.79. The van der Waals surface area contributed by atoms with E-state index in [1.807, 2.05) is 0 Å². The van der Waals surface area contributed by atoms with Gasteiger partial charge in [-0.1, -0.05) is 0 Å². The van der Waals surface area contributed by atoms with Crippen LogP contribution in [0, 0.1) is 0 Å². The Balaban J connectivity index is 1.76. The maximum atomic E-state index is 5.98.